The standard InChI is InChI=1S/C28H27P2.Pd/c1-5-15-25(16-6-1)29(26-17-7-2-8-18-26)23-13-14-24-30(27-19-9-3-10-20-27)28-21-11-4-12-22-28;/h1-12,15-23H,13-14,24H2;. The monoisotopic (exact) mass is 531 g/mol. The Hall–Kier alpha value is -1.60. The molecule has 159 valence electrons. The van der Waals surface area contributed by atoms with Crippen LogP contribution < -0.4 is 21.2 Å². The van der Waals surface area contributed by atoms with Crippen molar-refractivity contribution in [1.29, 1.82) is 0 Å². The van der Waals surface area contributed by atoms with Gasteiger partial charge in [0.25, 0.3) is 0 Å². The van der Waals surface area contributed by atoms with Crippen molar-refractivity contribution in [3.05, 3.63) is 121 Å². The summed E-state index contributed by atoms with van der Waals surface area (Å²) in [6.07, 6.45) is 3.64. The molecule has 0 aliphatic rings. The Kier molecular flexibility index (Phi) is 8.64. The second-order valence-electron chi connectivity index (χ2n) is 7.40. The maximum absolute atomic E-state index is 3.78. The van der Waals surface area contributed by atoms with Crippen molar-refractivity contribution in [1.82, 2.24) is 0 Å². The predicted octanol–water partition coefficient (Wildman–Crippen LogP) is 5.91. The van der Waals surface area contributed by atoms with Gasteiger partial charge in [-0.15, -0.1) is 0 Å². The second-order valence-corrected chi connectivity index (χ2v) is 13.9. The van der Waals surface area contributed by atoms with Crippen molar-refractivity contribution in [3.63, 3.8) is 0 Å². The summed E-state index contributed by atoms with van der Waals surface area (Å²) in [6.45, 7) is 0. The molecular weight excluding hydrogens is 505 g/mol. The fourth-order valence-electron chi connectivity index (χ4n) is 3.79. The molecule has 4 rings (SSSR count). The van der Waals surface area contributed by atoms with Gasteiger partial charge in [0, 0.05) is 0 Å². The van der Waals surface area contributed by atoms with Crippen molar-refractivity contribution in [3.8, 4) is 0 Å². The first-order valence-electron chi connectivity index (χ1n) is 10.7. The molecule has 0 saturated carbocycles. The van der Waals surface area contributed by atoms with E-state index in [1.165, 1.54) is 40.2 Å². The zero-order valence-electron chi connectivity index (χ0n) is 17.5. The van der Waals surface area contributed by atoms with E-state index in [9.17, 15) is 0 Å². The first-order chi connectivity index (χ1) is 15.3. The van der Waals surface area contributed by atoms with Crippen LogP contribution in [0.1, 0.15) is 12.8 Å². The van der Waals surface area contributed by atoms with Crippen LogP contribution in [-0.4, -0.2) is 10.3 Å². The van der Waals surface area contributed by atoms with Gasteiger partial charge in [-0.25, -0.2) is 0 Å². The average molecular weight is 532 g/mol. The van der Waals surface area contributed by atoms with Gasteiger partial charge in [-0.2, -0.15) is 0 Å². The molecule has 0 spiro atoms. The zero-order chi connectivity index (χ0) is 21.3. The minimum atomic E-state index is -0.411. The fraction of sp³-hybridized carbons (Fsp3) is 0.143. The molecule has 0 aromatic heterocycles. The summed E-state index contributed by atoms with van der Waals surface area (Å²) in [5, 5.41) is 5.86. The predicted molar refractivity (Wildman–Crippen MR) is 136 cm³/mol. The zero-order valence-corrected chi connectivity index (χ0v) is 20.8. The first-order valence-corrected chi connectivity index (χ1v) is 14.5. The quantitative estimate of drug-likeness (QED) is 0.186. The molecule has 0 amide bonds. The average Bonchev–Trinajstić information content (AvgIpc) is 2.84. The molecule has 0 radical (unpaired) electrons. The van der Waals surface area contributed by atoms with Crippen LogP contribution >= 0.6 is 15.8 Å². The van der Waals surface area contributed by atoms with Crippen molar-refractivity contribution < 1.29 is 19.2 Å². The van der Waals surface area contributed by atoms with Crippen LogP contribution in [0.25, 0.3) is 0 Å². The van der Waals surface area contributed by atoms with Crippen molar-refractivity contribution in [2.24, 2.45) is 0 Å². The molecule has 1 atom stereocenters. The summed E-state index contributed by atoms with van der Waals surface area (Å²) in [5.41, 5.74) is 0. The molecule has 1 unspecified atom stereocenters. The van der Waals surface area contributed by atoms with Gasteiger partial charge in [-0.3, -0.25) is 0 Å². The summed E-state index contributed by atoms with van der Waals surface area (Å²) < 4.78 is 0.506. The number of hydrogen-bond donors (Lipinski definition) is 0. The Balaban J connectivity index is 1.50. The van der Waals surface area contributed by atoms with Crippen molar-refractivity contribution >= 4 is 37.1 Å². The van der Waals surface area contributed by atoms with E-state index in [1.807, 2.05) is 0 Å². The van der Waals surface area contributed by atoms with E-state index < -0.39 is 7.92 Å². The summed E-state index contributed by atoms with van der Waals surface area (Å²) in [4.78, 5) is 0. The van der Waals surface area contributed by atoms with Crippen LogP contribution in [0.5, 0.6) is 0 Å². The van der Waals surface area contributed by atoms with E-state index in [-0.39, 0.29) is 7.92 Å². The molecule has 0 bridgehead atoms. The molecule has 0 nitrogen and oxygen atoms in total. The Morgan fingerprint density at radius 2 is 0.871 bits per heavy atom. The Morgan fingerprint density at radius 1 is 0.516 bits per heavy atom. The number of hydrogen-bond acceptors (Lipinski definition) is 0. The summed E-state index contributed by atoms with van der Waals surface area (Å²) in [5.74, 6) is 0. The summed E-state index contributed by atoms with van der Waals surface area (Å²) >= 11 is 3.78. The van der Waals surface area contributed by atoms with Gasteiger partial charge >= 0.3 is 201 Å². The molecular formula is C28H27P2Pd. The van der Waals surface area contributed by atoms with Crippen LogP contribution in [0.2, 0.25) is 0 Å². The van der Waals surface area contributed by atoms with Crippen LogP contribution in [0, 0.1) is 0 Å². The normalized spacial score (nSPS) is 12.3. The Morgan fingerprint density at radius 3 is 1.26 bits per heavy atom. The van der Waals surface area contributed by atoms with E-state index in [4.69, 9.17) is 0 Å². The molecule has 4 aromatic rings. The Bertz CT molecular complexity index is 945. The van der Waals surface area contributed by atoms with Crippen LogP contribution in [0.3, 0.4) is 0 Å². The molecule has 4 aromatic carbocycles. The van der Waals surface area contributed by atoms with Gasteiger partial charge in [0.1, 0.15) is 0 Å². The topological polar surface area (TPSA) is 0 Å². The maximum atomic E-state index is 3.78. The third-order valence-corrected chi connectivity index (χ3v) is 12.0. The van der Waals surface area contributed by atoms with Gasteiger partial charge in [-0.05, 0) is 0 Å². The third kappa shape index (κ3) is 6.22. The van der Waals surface area contributed by atoms with Crippen LogP contribution in [-0.2, 0) is 19.2 Å². The van der Waals surface area contributed by atoms with Crippen molar-refractivity contribution in [2.75, 3.05) is 6.16 Å². The molecule has 3 heteroatoms. The molecule has 0 fully saturated rings. The van der Waals surface area contributed by atoms with Gasteiger partial charge in [-0.1, -0.05) is 0 Å². The van der Waals surface area contributed by atoms with E-state index in [2.05, 4.69) is 141 Å². The third-order valence-electron chi connectivity index (χ3n) is 5.27. The van der Waals surface area contributed by atoms with E-state index in [0.717, 1.165) is 0 Å². The number of benzene rings is 4. The van der Waals surface area contributed by atoms with E-state index >= 15 is 0 Å². The molecule has 0 aliphatic heterocycles. The van der Waals surface area contributed by atoms with Gasteiger partial charge in [0.05, 0.1) is 0 Å². The van der Waals surface area contributed by atoms with Crippen LogP contribution in [0.15, 0.2) is 121 Å². The fourth-order valence-corrected chi connectivity index (χ4v) is 10.2. The second kappa shape index (κ2) is 11.9. The minimum absolute atomic E-state index is 0.319. The Labute approximate surface area is 200 Å². The first kappa shape index (κ1) is 22.6. The molecule has 0 saturated heterocycles. The van der Waals surface area contributed by atoms with Crippen LogP contribution in [0.4, 0.5) is 0 Å². The van der Waals surface area contributed by atoms with Crippen molar-refractivity contribution in [2.45, 2.75) is 17.0 Å². The van der Waals surface area contributed by atoms with E-state index in [0.29, 0.717) is 4.13 Å². The van der Waals surface area contributed by atoms with E-state index in [1.54, 1.807) is 0 Å². The van der Waals surface area contributed by atoms with Gasteiger partial charge < -0.3 is 0 Å². The van der Waals surface area contributed by atoms with Gasteiger partial charge in [0.2, 0.25) is 0 Å². The summed E-state index contributed by atoms with van der Waals surface area (Å²) in [6, 6.07) is 44.2. The molecule has 0 N–H and O–H groups in total. The molecule has 31 heavy (non-hydrogen) atoms. The SMILES string of the molecule is [Pd][CH](CCCP(c1ccccc1)c1ccccc1)P(c1ccccc1)c1ccccc1. The number of rotatable bonds is 9. The molecule has 0 aliphatic carbocycles. The molecule has 0 heterocycles. The summed E-state index contributed by atoms with van der Waals surface area (Å²) in [7, 11) is -0.730. The van der Waals surface area contributed by atoms with Gasteiger partial charge in [0.15, 0.2) is 0 Å².